The van der Waals surface area contributed by atoms with Gasteiger partial charge in [-0.25, -0.2) is 17.6 Å². The Labute approximate surface area is 197 Å². The van der Waals surface area contributed by atoms with Gasteiger partial charge in [0.05, 0.1) is 22.5 Å². The molecule has 1 aliphatic carbocycles. The van der Waals surface area contributed by atoms with Crippen LogP contribution in [0, 0.1) is 18.2 Å². The van der Waals surface area contributed by atoms with Crippen LogP contribution in [0.3, 0.4) is 0 Å². The Morgan fingerprint density at radius 2 is 1.85 bits per heavy atom. The number of aryl methyl sites for hydroxylation is 1. The molecule has 0 spiro atoms. The number of fused-ring (bicyclic) bond motifs is 2. The Bertz CT molecular complexity index is 1220. The standard InChI is InChI=1S/C26H29FN4OS/c1-19-4-10-24(11-5-19)33(32)30-13-12-21-14-25-20(15-26(21,18-30)17-29(2)3)16-28-31(25)23-8-6-22(27)7-9-23/h4-11,14,16H,12-13,15,17-18H2,1-3H3/t26-,33?/m0/s1. The van der Waals surface area contributed by atoms with Gasteiger partial charge in [0.25, 0.3) is 0 Å². The number of nitrogens with zero attached hydrogens (tertiary/aromatic N) is 4. The molecule has 1 aromatic heterocycles. The molecule has 5 nitrogen and oxygen atoms in total. The summed E-state index contributed by atoms with van der Waals surface area (Å²) in [6, 6.07) is 14.4. The van der Waals surface area contributed by atoms with Crippen LogP contribution in [0.15, 0.2) is 65.2 Å². The van der Waals surface area contributed by atoms with E-state index in [9.17, 15) is 8.60 Å². The van der Waals surface area contributed by atoms with E-state index >= 15 is 0 Å². The first-order chi connectivity index (χ1) is 15.8. The smallest absolute Gasteiger partial charge is 0.127 e. The van der Waals surface area contributed by atoms with Gasteiger partial charge in [0, 0.05) is 25.0 Å². The second-order valence-electron chi connectivity index (χ2n) is 9.48. The second kappa shape index (κ2) is 8.63. The number of piperidine rings is 1. The summed E-state index contributed by atoms with van der Waals surface area (Å²) in [4.78, 5) is 3.08. The second-order valence-corrected chi connectivity index (χ2v) is 11.0. The molecule has 0 bridgehead atoms. The van der Waals surface area contributed by atoms with Gasteiger partial charge < -0.3 is 4.90 Å². The third kappa shape index (κ3) is 4.21. The Hall–Kier alpha value is -2.61. The fraction of sp³-hybridized carbons (Fsp3) is 0.346. The van der Waals surface area contributed by atoms with E-state index in [1.165, 1.54) is 28.8 Å². The van der Waals surface area contributed by atoms with Crippen molar-refractivity contribution in [3.8, 4) is 5.69 Å². The monoisotopic (exact) mass is 464 g/mol. The van der Waals surface area contributed by atoms with E-state index in [-0.39, 0.29) is 11.2 Å². The number of benzene rings is 2. The highest BCUT2D eigenvalue weighted by atomic mass is 32.2. The van der Waals surface area contributed by atoms with Crippen molar-refractivity contribution in [3.63, 3.8) is 0 Å². The zero-order chi connectivity index (χ0) is 23.2. The minimum atomic E-state index is -1.19. The maximum atomic E-state index is 13.4. The average molecular weight is 465 g/mol. The minimum Gasteiger partial charge on any atom is -0.308 e. The van der Waals surface area contributed by atoms with E-state index in [2.05, 4.69) is 34.5 Å². The van der Waals surface area contributed by atoms with Crippen LogP contribution in [0.4, 0.5) is 4.39 Å². The molecule has 0 N–H and O–H groups in total. The van der Waals surface area contributed by atoms with Gasteiger partial charge in [0.1, 0.15) is 16.8 Å². The molecule has 2 heterocycles. The molecule has 2 aliphatic rings. The number of hydrogen-bond donors (Lipinski definition) is 0. The number of aromatic nitrogens is 2. The fourth-order valence-corrected chi connectivity index (χ4v) is 6.47. The molecule has 5 rings (SSSR count). The molecule has 0 amide bonds. The Morgan fingerprint density at radius 3 is 2.55 bits per heavy atom. The molecule has 1 aliphatic heterocycles. The fourth-order valence-electron chi connectivity index (χ4n) is 5.18. The molecule has 7 heteroatoms. The van der Waals surface area contributed by atoms with Gasteiger partial charge in [-0.2, -0.15) is 5.10 Å². The molecule has 1 fully saturated rings. The van der Waals surface area contributed by atoms with Crippen LogP contribution < -0.4 is 0 Å². The quantitative estimate of drug-likeness (QED) is 0.567. The van der Waals surface area contributed by atoms with Crippen molar-refractivity contribution in [1.82, 2.24) is 19.0 Å². The van der Waals surface area contributed by atoms with Crippen LogP contribution in [0.25, 0.3) is 11.8 Å². The summed E-state index contributed by atoms with van der Waals surface area (Å²) in [5, 5.41) is 4.64. The van der Waals surface area contributed by atoms with Crippen molar-refractivity contribution in [2.45, 2.75) is 24.7 Å². The summed E-state index contributed by atoms with van der Waals surface area (Å²) in [5.41, 5.74) is 5.53. The largest absolute Gasteiger partial charge is 0.308 e. The van der Waals surface area contributed by atoms with E-state index in [0.717, 1.165) is 48.8 Å². The molecule has 3 aromatic rings. The summed E-state index contributed by atoms with van der Waals surface area (Å²) in [6.45, 7) is 4.41. The Morgan fingerprint density at radius 1 is 1.12 bits per heavy atom. The van der Waals surface area contributed by atoms with Crippen molar-refractivity contribution in [2.75, 3.05) is 33.7 Å². The molecule has 2 atom stereocenters. The molecule has 1 saturated heterocycles. The van der Waals surface area contributed by atoms with E-state index in [0.29, 0.717) is 0 Å². The van der Waals surface area contributed by atoms with Crippen molar-refractivity contribution in [2.24, 2.45) is 5.41 Å². The topological polar surface area (TPSA) is 41.4 Å². The molecular weight excluding hydrogens is 435 g/mol. The van der Waals surface area contributed by atoms with Gasteiger partial charge >= 0.3 is 0 Å². The van der Waals surface area contributed by atoms with Gasteiger partial charge in [-0.3, -0.25) is 0 Å². The van der Waals surface area contributed by atoms with Crippen molar-refractivity contribution >= 4 is 17.1 Å². The van der Waals surface area contributed by atoms with Crippen molar-refractivity contribution < 1.29 is 8.60 Å². The lowest BCUT2D eigenvalue weighted by Crippen LogP contribution is -2.52. The van der Waals surface area contributed by atoms with E-state index in [1.807, 2.05) is 42.1 Å². The lowest BCUT2D eigenvalue weighted by atomic mass is 9.68. The van der Waals surface area contributed by atoms with Crippen molar-refractivity contribution in [1.29, 1.82) is 0 Å². The number of halogens is 1. The third-order valence-electron chi connectivity index (χ3n) is 6.66. The lowest BCUT2D eigenvalue weighted by molar-refractivity contribution is 0.164. The first-order valence-electron chi connectivity index (χ1n) is 11.3. The highest BCUT2D eigenvalue weighted by Gasteiger charge is 2.44. The van der Waals surface area contributed by atoms with Gasteiger partial charge in [-0.1, -0.05) is 23.3 Å². The maximum absolute atomic E-state index is 13.4. The van der Waals surface area contributed by atoms with E-state index in [1.54, 1.807) is 12.1 Å². The summed E-state index contributed by atoms with van der Waals surface area (Å²) in [7, 11) is 3.01. The predicted molar refractivity (Wildman–Crippen MR) is 130 cm³/mol. The first-order valence-corrected chi connectivity index (χ1v) is 12.4. The third-order valence-corrected chi connectivity index (χ3v) is 8.12. The predicted octanol–water partition coefficient (Wildman–Crippen LogP) is 4.24. The number of hydrogen-bond acceptors (Lipinski definition) is 3. The minimum absolute atomic E-state index is 0.119. The summed E-state index contributed by atoms with van der Waals surface area (Å²) < 4.78 is 30.9. The number of rotatable bonds is 5. The van der Waals surface area contributed by atoms with E-state index < -0.39 is 11.0 Å². The Balaban J connectivity index is 1.49. The molecule has 1 unspecified atom stereocenters. The van der Waals surface area contributed by atoms with Gasteiger partial charge in [0.15, 0.2) is 0 Å². The summed E-state index contributed by atoms with van der Waals surface area (Å²) >= 11 is 0. The molecule has 2 aromatic carbocycles. The van der Waals surface area contributed by atoms with Crippen LogP contribution in [0.2, 0.25) is 0 Å². The highest BCUT2D eigenvalue weighted by molar-refractivity contribution is 7.82. The molecule has 33 heavy (non-hydrogen) atoms. The SMILES string of the molecule is Cc1ccc(S(=O)N2CCC3=Cc4c(cnn4-c4ccc(F)cc4)C[C@]3(CN(C)C)C2)cc1. The van der Waals surface area contributed by atoms with Gasteiger partial charge in [-0.15, -0.1) is 0 Å². The molecular formula is C26H29FN4OS. The summed E-state index contributed by atoms with van der Waals surface area (Å²) in [5.74, 6) is -0.253. The highest BCUT2D eigenvalue weighted by Crippen LogP contribution is 2.45. The zero-order valence-electron chi connectivity index (χ0n) is 19.3. The van der Waals surface area contributed by atoms with Crippen LogP contribution in [-0.2, 0) is 17.4 Å². The zero-order valence-corrected chi connectivity index (χ0v) is 20.1. The van der Waals surface area contributed by atoms with Gasteiger partial charge in [0.2, 0.25) is 0 Å². The molecule has 0 saturated carbocycles. The van der Waals surface area contributed by atoms with Crippen molar-refractivity contribution in [3.05, 3.63) is 82.9 Å². The van der Waals surface area contributed by atoms with Crippen LogP contribution in [0.1, 0.15) is 23.2 Å². The lowest BCUT2D eigenvalue weighted by Gasteiger charge is -2.47. The van der Waals surface area contributed by atoms with Crippen LogP contribution in [0.5, 0.6) is 0 Å². The average Bonchev–Trinajstić information content (AvgIpc) is 3.19. The van der Waals surface area contributed by atoms with Gasteiger partial charge in [-0.05, 0) is 81.9 Å². The van der Waals surface area contributed by atoms with Crippen LogP contribution >= 0.6 is 0 Å². The maximum Gasteiger partial charge on any atom is 0.127 e. The molecule has 172 valence electrons. The van der Waals surface area contributed by atoms with Crippen LogP contribution in [-0.4, -0.2) is 56.9 Å². The normalized spacial score (nSPS) is 21.4. The Kier molecular flexibility index (Phi) is 5.80. The molecule has 0 radical (unpaired) electrons. The van der Waals surface area contributed by atoms with E-state index in [4.69, 9.17) is 0 Å². The summed E-state index contributed by atoms with van der Waals surface area (Å²) in [6.07, 6.45) is 5.90. The first kappa shape index (κ1) is 22.2.